The van der Waals surface area contributed by atoms with E-state index in [9.17, 15) is 29.3 Å². The van der Waals surface area contributed by atoms with Gasteiger partial charge in [0.1, 0.15) is 5.75 Å². The molecule has 12 nitrogen and oxygen atoms in total. The number of benzene rings is 2. The minimum Gasteiger partial charge on any atom is -0.494 e. The zero-order valence-electron chi connectivity index (χ0n) is 17.8. The van der Waals surface area contributed by atoms with Crippen molar-refractivity contribution < 1.29 is 33.6 Å². The summed E-state index contributed by atoms with van der Waals surface area (Å²) in [6, 6.07) is 9.71. The van der Waals surface area contributed by atoms with Crippen LogP contribution in [0, 0.1) is 16.0 Å². The molecule has 0 spiro atoms. The number of anilines is 1. The van der Waals surface area contributed by atoms with Crippen LogP contribution < -0.4 is 20.5 Å². The van der Waals surface area contributed by atoms with Gasteiger partial charge in [-0.05, 0) is 30.3 Å². The zero-order chi connectivity index (χ0) is 24.8. The highest BCUT2D eigenvalue weighted by Crippen LogP contribution is 2.35. The number of hydrogen-bond acceptors (Lipinski definition) is 8. The monoisotopic (exact) mass is 490 g/mol. The lowest BCUT2D eigenvalue weighted by Crippen LogP contribution is -2.43. The van der Waals surface area contributed by atoms with Crippen molar-refractivity contribution in [1.82, 2.24) is 10.9 Å². The lowest BCUT2D eigenvalue weighted by molar-refractivity contribution is -0.384. The van der Waals surface area contributed by atoms with E-state index < -0.39 is 41.1 Å². The van der Waals surface area contributed by atoms with Crippen LogP contribution in [0.25, 0.3) is 0 Å². The van der Waals surface area contributed by atoms with Crippen LogP contribution >= 0.6 is 11.6 Å². The molecule has 0 bridgehead atoms. The first-order valence-corrected chi connectivity index (χ1v) is 10.2. The van der Waals surface area contributed by atoms with Crippen molar-refractivity contribution in [3.8, 4) is 5.75 Å². The summed E-state index contributed by atoms with van der Waals surface area (Å²) in [6.45, 7) is -0.730. The van der Waals surface area contributed by atoms with E-state index >= 15 is 0 Å². The lowest BCUT2D eigenvalue weighted by atomic mass is 10.1. The summed E-state index contributed by atoms with van der Waals surface area (Å²) in [5.41, 5.74) is 4.61. The Bertz CT molecular complexity index is 1140. The van der Waals surface area contributed by atoms with Crippen LogP contribution in [0.4, 0.5) is 11.4 Å². The number of esters is 1. The Morgan fingerprint density at radius 3 is 2.53 bits per heavy atom. The summed E-state index contributed by atoms with van der Waals surface area (Å²) in [5, 5.41) is 11.4. The molecule has 1 saturated heterocycles. The second kappa shape index (κ2) is 10.6. The molecule has 2 N–H and O–H groups in total. The van der Waals surface area contributed by atoms with Crippen molar-refractivity contribution in [3.05, 3.63) is 63.2 Å². The highest BCUT2D eigenvalue weighted by molar-refractivity contribution is 6.30. The maximum absolute atomic E-state index is 12.4. The van der Waals surface area contributed by atoms with Gasteiger partial charge in [0.15, 0.2) is 6.61 Å². The van der Waals surface area contributed by atoms with Gasteiger partial charge in [-0.25, -0.2) is 0 Å². The summed E-state index contributed by atoms with van der Waals surface area (Å²) < 4.78 is 10.1. The van der Waals surface area contributed by atoms with Crippen LogP contribution in [-0.4, -0.2) is 48.9 Å². The Hall–Kier alpha value is -4.19. The van der Waals surface area contributed by atoms with Gasteiger partial charge in [-0.15, -0.1) is 0 Å². The third-order valence-corrected chi connectivity index (χ3v) is 5.14. The Labute approximate surface area is 197 Å². The van der Waals surface area contributed by atoms with Gasteiger partial charge >= 0.3 is 5.97 Å². The normalized spacial score (nSPS) is 14.9. The average molecular weight is 491 g/mol. The third kappa shape index (κ3) is 5.78. The summed E-state index contributed by atoms with van der Waals surface area (Å²) in [4.78, 5) is 60.3. The molecular weight excluding hydrogens is 472 g/mol. The second-order valence-corrected chi connectivity index (χ2v) is 7.57. The van der Waals surface area contributed by atoms with Gasteiger partial charge < -0.3 is 14.4 Å². The fraction of sp³-hybridized carbons (Fsp3) is 0.238. The number of hydrazine groups is 1. The van der Waals surface area contributed by atoms with Crippen molar-refractivity contribution in [3.63, 3.8) is 0 Å². The number of ether oxygens (including phenoxy) is 2. The van der Waals surface area contributed by atoms with Gasteiger partial charge in [-0.3, -0.25) is 40.1 Å². The van der Waals surface area contributed by atoms with Gasteiger partial charge in [-0.2, -0.15) is 0 Å². The Morgan fingerprint density at radius 2 is 1.88 bits per heavy atom. The van der Waals surface area contributed by atoms with Crippen LogP contribution in [-0.2, 0) is 19.1 Å². The Morgan fingerprint density at radius 1 is 1.18 bits per heavy atom. The molecule has 1 aliphatic heterocycles. The van der Waals surface area contributed by atoms with E-state index in [2.05, 4.69) is 10.9 Å². The van der Waals surface area contributed by atoms with Crippen molar-refractivity contribution in [2.45, 2.75) is 6.42 Å². The molecule has 2 aromatic rings. The molecule has 0 unspecified atom stereocenters. The van der Waals surface area contributed by atoms with Crippen molar-refractivity contribution in [2.75, 3.05) is 25.2 Å². The van der Waals surface area contributed by atoms with Crippen molar-refractivity contribution in [2.24, 2.45) is 5.92 Å². The van der Waals surface area contributed by atoms with Crippen LogP contribution in [0.1, 0.15) is 16.8 Å². The van der Waals surface area contributed by atoms with E-state index in [0.717, 1.165) is 0 Å². The number of rotatable bonds is 7. The molecule has 0 aliphatic carbocycles. The summed E-state index contributed by atoms with van der Waals surface area (Å²) in [5.74, 6) is -3.32. The minimum atomic E-state index is -0.858. The molecule has 2 aromatic carbocycles. The lowest BCUT2D eigenvalue weighted by Gasteiger charge is -2.19. The van der Waals surface area contributed by atoms with E-state index in [1.54, 1.807) is 0 Å². The number of carbonyl (C=O) groups excluding carboxylic acids is 4. The van der Waals surface area contributed by atoms with Gasteiger partial charge in [0.05, 0.1) is 29.7 Å². The third-order valence-electron chi connectivity index (χ3n) is 4.89. The van der Waals surface area contributed by atoms with Crippen LogP contribution in [0.3, 0.4) is 0 Å². The molecule has 1 heterocycles. The van der Waals surface area contributed by atoms with Crippen LogP contribution in [0.15, 0.2) is 42.5 Å². The molecule has 1 fully saturated rings. The number of non-ortho nitro benzene ring substituents is 1. The molecule has 3 amide bonds. The number of carbonyl (C=O) groups is 4. The van der Waals surface area contributed by atoms with Gasteiger partial charge in [0, 0.05) is 29.6 Å². The molecular formula is C21H19ClN4O8. The van der Waals surface area contributed by atoms with E-state index in [0.29, 0.717) is 5.02 Å². The molecule has 1 aliphatic rings. The number of nitrogens with zero attached hydrogens (tertiary/aromatic N) is 2. The van der Waals surface area contributed by atoms with E-state index in [1.165, 1.54) is 54.5 Å². The molecule has 3 rings (SSSR count). The number of amides is 3. The number of nitro benzene ring substituents is 1. The van der Waals surface area contributed by atoms with E-state index in [-0.39, 0.29) is 35.7 Å². The molecule has 13 heteroatoms. The first-order chi connectivity index (χ1) is 16.2. The average Bonchev–Trinajstić information content (AvgIpc) is 3.22. The number of methoxy groups -OCH3 is 1. The smallest absolute Gasteiger partial charge is 0.311 e. The summed E-state index contributed by atoms with van der Waals surface area (Å²) >= 11 is 5.75. The van der Waals surface area contributed by atoms with Gasteiger partial charge in [0.2, 0.25) is 5.91 Å². The van der Waals surface area contributed by atoms with Crippen LogP contribution in [0.2, 0.25) is 5.02 Å². The zero-order valence-corrected chi connectivity index (χ0v) is 18.5. The maximum Gasteiger partial charge on any atom is 0.311 e. The quantitative estimate of drug-likeness (QED) is 0.336. The summed E-state index contributed by atoms with van der Waals surface area (Å²) in [6.07, 6.45) is -0.173. The van der Waals surface area contributed by atoms with E-state index in [1.807, 2.05) is 0 Å². The largest absolute Gasteiger partial charge is 0.494 e. The fourth-order valence-electron chi connectivity index (χ4n) is 3.19. The first kappa shape index (κ1) is 24.5. The summed E-state index contributed by atoms with van der Waals surface area (Å²) in [7, 11) is 1.30. The van der Waals surface area contributed by atoms with Crippen molar-refractivity contribution >= 4 is 46.7 Å². The molecule has 34 heavy (non-hydrogen) atoms. The minimum absolute atomic E-state index is 0.0548. The molecule has 0 radical (unpaired) electrons. The molecule has 0 saturated carbocycles. The molecule has 0 aromatic heterocycles. The highest BCUT2D eigenvalue weighted by Gasteiger charge is 2.37. The second-order valence-electron chi connectivity index (χ2n) is 7.14. The number of nitro groups is 1. The number of halogens is 1. The molecule has 178 valence electrons. The standard InChI is InChI=1S/C21H19ClN4O8/c1-33-17-9-15(26(31)32)6-7-16(17)25-10-13(8-19(25)28)21(30)34-11-18(27)23-24-20(29)12-2-4-14(22)5-3-12/h2-7,9,13H,8,10-11H2,1H3,(H,23,27)(H,24,29)/t13-/m0/s1. The fourth-order valence-corrected chi connectivity index (χ4v) is 3.32. The Kier molecular flexibility index (Phi) is 7.64. The Balaban J connectivity index is 1.52. The van der Waals surface area contributed by atoms with Gasteiger partial charge in [-0.1, -0.05) is 11.6 Å². The number of nitrogens with one attached hydrogen (secondary N) is 2. The maximum atomic E-state index is 12.4. The molecule has 1 atom stereocenters. The first-order valence-electron chi connectivity index (χ1n) is 9.83. The number of hydrogen-bond donors (Lipinski definition) is 2. The highest BCUT2D eigenvalue weighted by atomic mass is 35.5. The van der Waals surface area contributed by atoms with Crippen LogP contribution in [0.5, 0.6) is 5.75 Å². The SMILES string of the molecule is COc1cc([N+](=O)[O-])ccc1N1C[C@@H](C(=O)OCC(=O)NNC(=O)c2ccc(Cl)cc2)CC1=O. The van der Waals surface area contributed by atoms with Gasteiger partial charge in [0.25, 0.3) is 17.5 Å². The van der Waals surface area contributed by atoms with Crippen molar-refractivity contribution in [1.29, 1.82) is 0 Å². The predicted octanol–water partition coefficient (Wildman–Crippen LogP) is 1.61. The topological polar surface area (TPSA) is 157 Å². The predicted molar refractivity (Wildman–Crippen MR) is 118 cm³/mol. The van der Waals surface area contributed by atoms with E-state index in [4.69, 9.17) is 21.1 Å².